The van der Waals surface area contributed by atoms with Crippen molar-refractivity contribution in [3.05, 3.63) is 23.9 Å². The van der Waals surface area contributed by atoms with Crippen LogP contribution in [0, 0.1) is 0 Å². The first-order valence-corrected chi connectivity index (χ1v) is 7.07. The Morgan fingerprint density at radius 2 is 2.00 bits per heavy atom. The first-order chi connectivity index (χ1) is 9.66. The van der Waals surface area contributed by atoms with E-state index in [0.717, 1.165) is 37.7 Å². The van der Waals surface area contributed by atoms with Crippen LogP contribution in [0.15, 0.2) is 18.3 Å². The molecule has 0 amide bonds. The lowest BCUT2D eigenvalue weighted by atomic mass is 9.95. The van der Waals surface area contributed by atoms with Gasteiger partial charge in [-0.05, 0) is 18.1 Å². The number of hydrogen-bond acceptors (Lipinski definition) is 6. The molecule has 1 aliphatic carbocycles. The van der Waals surface area contributed by atoms with Crippen LogP contribution in [-0.2, 0) is 4.74 Å². The molecule has 6 heteroatoms. The number of aliphatic hydroxyl groups is 2. The van der Waals surface area contributed by atoms with Crippen LogP contribution in [-0.4, -0.2) is 59.8 Å². The summed E-state index contributed by atoms with van der Waals surface area (Å²) in [6.45, 7) is 3.17. The van der Waals surface area contributed by atoms with Gasteiger partial charge in [0.05, 0.1) is 25.4 Å². The topological polar surface area (TPSA) is 91.8 Å². The Kier molecular flexibility index (Phi) is 3.89. The van der Waals surface area contributed by atoms with Crippen molar-refractivity contribution < 1.29 is 14.9 Å². The Morgan fingerprint density at radius 1 is 1.25 bits per heavy atom. The molecule has 3 rings (SSSR count). The molecule has 0 spiro atoms. The molecule has 110 valence electrons. The van der Waals surface area contributed by atoms with Crippen LogP contribution in [0.1, 0.15) is 17.9 Å². The number of morpholine rings is 1. The lowest BCUT2D eigenvalue weighted by Crippen LogP contribution is -2.37. The van der Waals surface area contributed by atoms with Crippen LogP contribution in [0.3, 0.4) is 0 Å². The number of nitrogens with two attached hydrogens (primary N) is 1. The zero-order valence-electron chi connectivity index (χ0n) is 11.4. The Bertz CT molecular complexity index is 447. The predicted octanol–water partition coefficient (Wildman–Crippen LogP) is -0.545. The maximum Gasteiger partial charge on any atom is 0.128 e. The van der Waals surface area contributed by atoms with Crippen LogP contribution >= 0.6 is 0 Å². The van der Waals surface area contributed by atoms with E-state index in [1.807, 2.05) is 12.1 Å². The first-order valence-electron chi connectivity index (χ1n) is 7.07. The number of pyridine rings is 1. The molecule has 0 aromatic carbocycles. The number of aromatic nitrogens is 1. The van der Waals surface area contributed by atoms with E-state index < -0.39 is 18.2 Å². The molecule has 6 nitrogen and oxygen atoms in total. The summed E-state index contributed by atoms with van der Waals surface area (Å²) >= 11 is 0. The third-order valence-electron chi connectivity index (χ3n) is 4.28. The molecule has 1 saturated heterocycles. The van der Waals surface area contributed by atoms with Crippen LogP contribution in [0.5, 0.6) is 0 Å². The summed E-state index contributed by atoms with van der Waals surface area (Å²) in [7, 11) is 0. The van der Waals surface area contributed by atoms with E-state index in [-0.39, 0.29) is 5.92 Å². The SMILES string of the molecule is N[C@H]1[C@H](O)[C@H](O)C[C@@H]1c1ccc(N2CCOCC2)nc1. The Hall–Kier alpha value is -1.21. The van der Waals surface area contributed by atoms with Crippen molar-refractivity contribution in [2.75, 3.05) is 31.2 Å². The van der Waals surface area contributed by atoms with Gasteiger partial charge >= 0.3 is 0 Å². The molecular formula is C14H21N3O3. The summed E-state index contributed by atoms with van der Waals surface area (Å²) in [5.74, 6) is 0.899. The van der Waals surface area contributed by atoms with Gasteiger partial charge in [0.2, 0.25) is 0 Å². The van der Waals surface area contributed by atoms with E-state index in [9.17, 15) is 10.2 Å². The highest BCUT2D eigenvalue weighted by Crippen LogP contribution is 2.34. The maximum absolute atomic E-state index is 9.74. The molecule has 1 aromatic rings. The number of nitrogens with zero attached hydrogens (tertiary/aromatic N) is 2. The fourth-order valence-corrected chi connectivity index (χ4v) is 3.01. The standard InChI is InChI=1S/C14H21N3O3/c15-13-10(7-11(18)14(13)19)9-1-2-12(16-8-9)17-3-5-20-6-4-17/h1-2,8,10-11,13-14,18-19H,3-7,15H2/t10-,11-,13-,14-/m1/s1. The summed E-state index contributed by atoms with van der Waals surface area (Å²) in [6.07, 6.45) is 0.703. The van der Waals surface area contributed by atoms with Gasteiger partial charge in [-0.15, -0.1) is 0 Å². The molecule has 20 heavy (non-hydrogen) atoms. The van der Waals surface area contributed by atoms with Crippen LogP contribution in [0.2, 0.25) is 0 Å². The minimum absolute atomic E-state index is 0.0359. The second-order valence-electron chi connectivity index (χ2n) is 5.53. The molecule has 1 aromatic heterocycles. The molecule has 1 saturated carbocycles. The normalized spacial score (nSPS) is 34.5. The van der Waals surface area contributed by atoms with Gasteiger partial charge in [0.25, 0.3) is 0 Å². The third-order valence-corrected chi connectivity index (χ3v) is 4.28. The summed E-state index contributed by atoms with van der Waals surface area (Å²) in [4.78, 5) is 6.67. The molecule has 0 unspecified atom stereocenters. The van der Waals surface area contributed by atoms with Gasteiger partial charge in [0, 0.05) is 31.2 Å². The minimum Gasteiger partial charge on any atom is -0.390 e. The smallest absolute Gasteiger partial charge is 0.128 e. The number of hydrogen-bond donors (Lipinski definition) is 3. The highest BCUT2D eigenvalue weighted by molar-refractivity contribution is 5.40. The molecule has 2 fully saturated rings. The van der Waals surface area contributed by atoms with Gasteiger partial charge in [-0.3, -0.25) is 0 Å². The molecule has 1 aliphatic heterocycles. The van der Waals surface area contributed by atoms with Gasteiger partial charge in [-0.1, -0.05) is 6.07 Å². The average molecular weight is 279 g/mol. The molecule has 0 radical (unpaired) electrons. The van der Waals surface area contributed by atoms with Gasteiger partial charge in [0.1, 0.15) is 5.82 Å². The maximum atomic E-state index is 9.74. The highest BCUT2D eigenvalue weighted by atomic mass is 16.5. The van der Waals surface area contributed by atoms with E-state index in [4.69, 9.17) is 10.5 Å². The average Bonchev–Trinajstić information content (AvgIpc) is 2.76. The summed E-state index contributed by atoms with van der Waals surface area (Å²) in [6, 6.07) is 3.54. The van der Waals surface area contributed by atoms with Crippen molar-refractivity contribution in [1.29, 1.82) is 0 Å². The van der Waals surface area contributed by atoms with Gasteiger partial charge < -0.3 is 25.6 Å². The summed E-state index contributed by atoms with van der Waals surface area (Å²) in [5.41, 5.74) is 6.94. The molecule has 4 atom stereocenters. The quantitative estimate of drug-likeness (QED) is 0.673. The second-order valence-corrected chi connectivity index (χ2v) is 5.53. The van der Waals surface area contributed by atoms with Crippen molar-refractivity contribution in [2.24, 2.45) is 5.73 Å². The summed E-state index contributed by atoms with van der Waals surface area (Å²) < 4.78 is 5.32. The Labute approximate surface area is 118 Å². The Morgan fingerprint density at radius 3 is 2.55 bits per heavy atom. The van der Waals surface area contributed by atoms with E-state index >= 15 is 0 Å². The number of anilines is 1. The van der Waals surface area contributed by atoms with Gasteiger partial charge in [-0.2, -0.15) is 0 Å². The van der Waals surface area contributed by atoms with E-state index in [1.54, 1.807) is 6.20 Å². The molecule has 2 aliphatic rings. The predicted molar refractivity (Wildman–Crippen MR) is 74.6 cm³/mol. The highest BCUT2D eigenvalue weighted by Gasteiger charge is 2.40. The monoisotopic (exact) mass is 279 g/mol. The fraction of sp³-hybridized carbons (Fsp3) is 0.643. The number of rotatable bonds is 2. The number of ether oxygens (including phenoxy) is 1. The Balaban J connectivity index is 1.73. The van der Waals surface area contributed by atoms with Gasteiger partial charge in [0.15, 0.2) is 0 Å². The minimum atomic E-state index is -0.848. The molecule has 2 heterocycles. The second kappa shape index (κ2) is 5.65. The van der Waals surface area contributed by atoms with Crippen LogP contribution in [0.25, 0.3) is 0 Å². The zero-order valence-corrected chi connectivity index (χ0v) is 11.4. The van der Waals surface area contributed by atoms with Crippen molar-refractivity contribution in [3.8, 4) is 0 Å². The molecule has 0 bridgehead atoms. The summed E-state index contributed by atoms with van der Waals surface area (Å²) in [5, 5.41) is 19.4. The lowest BCUT2D eigenvalue weighted by Gasteiger charge is -2.28. The van der Waals surface area contributed by atoms with E-state index in [0.29, 0.717) is 6.42 Å². The van der Waals surface area contributed by atoms with E-state index in [1.165, 1.54) is 0 Å². The first kappa shape index (κ1) is 13.8. The number of aliphatic hydroxyl groups excluding tert-OH is 2. The lowest BCUT2D eigenvalue weighted by molar-refractivity contribution is 0.0363. The molecule has 4 N–H and O–H groups in total. The van der Waals surface area contributed by atoms with Crippen molar-refractivity contribution in [2.45, 2.75) is 30.6 Å². The largest absolute Gasteiger partial charge is 0.390 e. The van der Waals surface area contributed by atoms with Crippen molar-refractivity contribution >= 4 is 5.82 Å². The fourth-order valence-electron chi connectivity index (χ4n) is 3.01. The van der Waals surface area contributed by atoms with Crippen LogP contribution in [0.4, 0.5) is 5.82 Å². The van der Waals surface area contributed by atoms with Gasteiger partial charge in [-0.25, -0.2) is 4.98 Å². The zero-order chi connectivity index (χ0) is 14.1. The van der Waals surface area contributed by atoms with Crippen molar-refractivity contribution in [3.63, 3.8) is 0 Å². The van der Waals surface area contributed by atoms with Crippen molar-refractivity contribution in [1.82, 2.24) is 4.98 Å². The third kappa shape index (κ3) is 2.52. The molecular weight excluding hydrogens is 258 g/mol. The van der Waals surface area contributed by atoms with Crippen LogP contribution < -0.4 is 10.6 Å². The van der Waals surface area contributed by atoms with E-state index in [2.05, 4.69) is 9.88 Å².